The largest absolute Gasteiger partial charge is 0.481 e. The molecule has 0 aromatic carbocycles. The van der Waals surface area contributed by atoms with Gasteiger partial charge in [-0.05, 0) is 28.7 Å². The van der Waals surface area contributed by atoms with Gasteiger partial charge in [-0.2, -0.15) is 5.10 Å². The number of nitrogens with zero attached hydrogens (tertiary/aromatic N) is 2. The molecule has 1 aromatic rings. The number of carboxylic acid groups (broad SMARTS) is 1. The minimum Gasteiger partial charge on any atom is -0.481 e. The van der Waals surface area contributed by atoms with E-state index in [-0.39, 0.29) is 12.0 Å². The van der Waals surface area contributed by atoms with E-state index in [1.165, 1.54) is 0 Å². The minimum absolute atomic E-state index is 0.123. The van der Waals surface area contributed by atoms with E-state index in [1.807, 2.05) is 12.3 Å². The Morgan fingerprint density at radius 2 is 2.50 bits per heavy atom. The molecule has 0 aliphatic carbocycles. The predicted molar refractivity (Wildman–Crippen MR) is 58.0 cm³/mol. The molecule has 0 radical (unpaired) electrons. The molecule has 5 nitrogen and oxygen atoms in total. The summed E-state index contributed by atoms with van der Waals surface area (Å²) in [4.78, 5) is 10.7. The lowest BCUT2D eigenvalue weighted by Gasteiger charge is -2.41. The first kappa shape index (κ1) is 9.91. The normalized spacial score (nSPS) is 18.9. The molecule has 6 heteroatoms. The number of hydrogen-bond donors (Lipinski definition) is 2. The maximum atomic E-state index is 10.7. The van der Waals surface area contributed by atoms with Crippen molar-refractivity contribution in [2.45, 2.75) is 12.0 Å². The Morgan fingerprint density at radius 1 is 1.79 bits per heavy atom. The van der Waals surface area contributed by atoms with Crippen molar-refractivity contribution in [3.63, 3.8) is 0 Å². The first-order chi connectivity index (χ1) is 6.62. The lowest BCUT2D eigenvalue weighted by atomic mass is 9.89. The monoisotopic (exact) mass is 307 g/mol. The number of halogens is 1. The van der Waals surface area contributed by atoms with Crippen LogP contribution in [-0.4, -0.2) is 33.9 Å². The molecule has 1 aromatic heterocycles. The van der Waals surface area contributed by atoms with Crippen molar-refractivity contribution in [2.24, 2.45) is 0 Å². The molecule has 1 aliphatic heterocycles. The summed E-state index contributed by atoms with van der Waals surface area (Å²) < 4.78 is 2.65. The van der Waals surface area contributed by atoms with Gasteiger partial charge < -0.3 is 10.4 Å². The summed E-state index contributed by atoms with van der Waals surface area (Å²) in [7, 11) is 0. The van der Waals surface area contributed by atoms with Crippen LogP contribution in [0.4, 0.5) is 0 Å². The number of hydrogen-bond acceptors (Lipinski definition) is 3. The van der Waals surface area contributed by atoms with Crippen molar-refractivity contribution in [1.29, 1.82) is 0 Å². The maximum Gasteiger partial charge on any atom is 0.305 e. The molecule has 14 heavy (non-hydrogen) atoms. The molecule has 0 unspecified atom stereocenters. The van der Waals surface area contributed by atoms with E-state index in [2.05, 4.69) is 33.0 Å². The van der Waals surface area contributed by atoms with Crippen LogP contribution in [0, 0.1) is 3.70 Å². The van der Waals surface area contributed by atoms with Crippen LogP contribution in [0.15, 0.2) is 12.3 Å². The number of carbonyl (C=O) groups is 1. The van der Waals surface area contributed by atoms with Crippen LogP contribution in [0.3, 0.4) is 0 Å². The van der Waals surface area contributed by atoms with Gasteiger partial charge in [0.05, 0.1) is 12.0 Å². The van der Waals surface area contributed by atoms with Crippen LogP contribution in [0.25, 0.3) is 0 Å². The molecular weight excluding hydrogens is 297 g/mol. The van der Waals surface area contributed by atoms with Crippen LogP contribution in [0.1, 0.15) is 6.42 Å². The molecule has 0 saturated carbocycles. The average molecular weight is 307 g/mol. The second-order valence-electron chi connectivity index (χ2n) is 3.48. The van der Waals surface area contributed by atoms with Crippen LogP contribution in [-0.2, 0) is 10.3 Å². The second kappa shape index (κ2) is 3.50. The summed E-state index contributed by atoms with van der Waals surface area (Å²) in [5, 5.41) is 16.2. The van der Waals surface area contributed by atoms with E-state index in [0.29, 0.717) is 13.1 Å². The summed E-state index contributed by atoms with van der Waals surface area (Å²) in [5.74, 6) is -0.781. The zero-order chi connectivity index (χ0) is 10.2. The lowest BCUT2D eigenvalue weighted by molar-refractivity contribution is -0.140. The van der Waals surface area contributed by atoms with Gasteiger partial charge in [0, 0.05) is 19.3 Å². The van der Waals surface area contributed by atoms with Gasteiger partial charge in [-0.15, -0.1) is 0 Å². The van der Waals surface area contributed by atoms with Gasteiger partial charge in [0.2, 0.25) is 0 Å². The molecular formula is C8H10IN3O2. The molecule has 76 valence electrons. The highest BCUT2D eigenvalue weighted by molar-refractivity contribution is 14.1. The number of aromatic nitrogens is 2. The van der Waals surface area contributed by atoms with Gasteiger partial charge >= 0.3 is 5.97 Å². The smallest absolute Gasteiger partial charge is 0.305 e. The summed E-state index contributed by atoms with van der Waals surface area (Å²) in [6.45, 7) is 1.36. The Hall–Kier alpha value is -0.630. The molecule has 1 saturated heterocycles. The fourth-order valence-corrected chi connectivity index (χ4v) is 2.02. The van der Waals surface area contributed by atoms with Gasteiger partial charge in [-0.25, -0.2) is 0 Å². The Morgan fingerprint density at radius 3 is 2.86 bits per heavy atom. The summed E-state index contributed by atoms with van der Waals surface area (Å²) >= 11 is 2.11. The van der Waals surface area contributed by atoms with Crippen LogP contribution in [0.5, 0.6) is 0 Å². The zero-order valence-electron chi connectivity index (χ0n) is 7.40. The van der Waals surface area contributed by atoms with Crippen LogP contribution >= 0.6 is 22.6 Å². The number of nitrogens with one attached hydrogen (secondary N) is 1. The molecule has 1 fully saturated rings. The number of rotatable bonds is 3. The Bertz CT molecular complexity index is 359. The van der Waals surface area contributed by atoms with Crippen molar-refractivity contribution < 1.29 is 9.90 Å². The molecule has 0 atom stereocenters. The van der Waals surface area contributed by atoms with E-state index < -0.39 is 5.97 Å². The number of carboxylic acids is 1. The fourth-order valence-electron chi connectivity index (χ4n) is 1.63. The minimum atomic E-state index is -0.781. The highest BCUT2D eigenvalue weighted by Crippen LogP contribution is 2.25. The van der Waals surface area contributed by atoms with Gasteiger partial charge in [0.15, 0.2) is 0 Å². The quantitative estimate of drug-likeness (QED) is 0.786. The van der Waals surface area contributed by atoms with Crippen LogP contribution in [0.2, 0.25) is 0 Å². The van der Waals surface area contributed by atoms with Crippen molar-refractivity contribution >= 4 is 28.6 Å². The Balaban J connectivity index is 2.24. The van der Waals surface area contributed by atoms with Gasteiger partial charge in [0.1, 0.15) is 3.70 Å². The third-order valence-electron chi connectivity index (χ3n) is 2.43. The van der Waals surface area contributed by atoms with E-state index in [9.17, 15) is 4.79 Å². The lowest BCUT2D eigenvalue weighted by Crippen LogP contribution is -2.61. The number of aliphatic carboxylic acids is 1. The van der Waals surface area contributed by atoms with E-state index in [1.54, 1.807) is 4.68 Å². The fraction of sp³-hybridized carbons (Fsp3) is 0.500. The molecule has 0 amide bonds. The molecule has 0 bridgehead atoms. The van der Waals surface area contributed by atoms with Crippen LogP contribution < -0.4 is 5.32 Å². The molecule has 0 spiro atoms. The van der Waals surface area contributed by atoms with Crippen molar-refractivity contribution in [2.75, 3.05) is 13.1 Å². The Kier molecular flexibility index (Phi) is 2.48. The van der Waals surface area contributed by atoms with Crippen molar-refractivity contribution in [3.05, 3.63) is 16.0 Å². The molecule has 2 rings (SSSR count). The maximum absolute atomic E-state index is 10.7. The average Bonchev–Trinajstić information content (AvgIpc) is 2.44. The first-order valence-corrected chi connectivity index (χ1v) is 5.34. The van der Waals surface area contributed by atoms with E-state index in [0.717, 1.165) is 3.70 Å². The third kappa shape index (κ3) is 1.63. The second-order valence-corrected chi connectivity index (χ2v) is 4.59. The van der Waals surface area contributed by atoms with Gasteiger partial charge in [0.25, 0.3) is 0 Å². The highest BCUT2D eigenvalue weighted by atomic mass is 127. The summed E-state index contributed by atoms with van der Waals surface area (Å²) in [6, 6.07) is 1.88. The first-order valence-electron chi connectivity index (χ1n) is 4.27. The highest BCUT2D eigenvalue weighted by Gasteiger charge is 2.41. The molecule has 2 N–H and O–H groups in total. The molecule has 1 aliphatic rings. The molecule has 2 heterocycles. The standard InChI is InChI=1S/C8H10IN3O2/c9-6-1-2-12(11-6)8(3-7(13)14)4-10-5-8/h1-2,10H,3-5H2,(H,13,14). The van der Waals surface area contributed by atoms with Crippen molar-refractivity contribution in [3.8, 4) is 0 Å². The van der Waals surface area contributed by atoms with E-state index in [4.69, 9.17) is 5.11 Å². The van der Waals surface area contributed by atoms with Crippen molar-refractivity contribution in [1.82, 2.24) is 15.1 Å². The Labute approximate surface area is 94.6 Å². The zero-order valence-corrected chi connectivity index (χ0v) is 9.56. The summed E-state index contributed by atoms with van der Waals surface area (Å²) in [5.41, 5.74) is -0.352. The third-order valence-corrected chi connectivity index (χ3v) is 3.01. The van der Waals surface area contributed by atoms with Gasteiger partial charge in [-0.3, -0.25) is 9.48 Å². The topological polar surface area (TPSA) is 67.1 Å². The predicted octanol–water partition coefficient (Wildman–Crippen LogP) is 0.261. The summed E-state index contributed by atoms with van der Waals surface area (Å²) in [6.07, 6.45) is 1.96. The van der Waals surface area contributed by atoms with Gasteiger partial charge in [-0.1, -0.05) is 0 Å². The van der Waals surface area contributed by atoms with E-state index >= 15 is 0 Å². The SMILES string of the molecule is O=C(O)CC1(n2ccc(I)n2)CNC1.